The van der Waals surface area contributed by atoms with Crippen LogP contribution in [0.3, 0.4) is 0 Å². The Kier molecular flexibility index (Phi) is 3.61. The Labute approximate surface area is 143 Å². The number of oxazole rings is 1. The summed E-state index contributed by atoms with van der Waals surface area (Å²) in [4.78, 5) is 19.6. The van der Waals surface area contributed by atoms with Gasteiger partial charge in [0.15, 0.2) is 0 Å². The van der Waals surface area contributed by atoms with Crippen LogP contribution in [0.15, 0.2) is 46.2 Å². The van der Waals surface area contributed by atoms with Gasteiger partial charge in [-0.05, 0) is 30.0 Å². The van der Waals surface area contributed by atoms with Gasteiger partial charge in [-0.15, -0.1) is 11.3 Å². The second-order valence-corrected chi connectivity index (χ2v) is 6.84. The molecule has 0 radical (unpaired) electrons. The molecule has 1 atom stereocenters. The normalized spacial score (nSPS) is 16.4. The maximum Gasteiger partial charge on any atom is 0.236 e. The number of amides is 1. The lowest BCUT2D eigenvalue weighted by Crippen LogP contribution is -2.28. The first-order chi connectivity index (χ1) is 11.6. The number of aryl methyl sites for hydroxylation is 1. The molecule has 1 aromatic carbocycles. The Hall–Kier alpha value is -2.60. The van der Waals surface area contributed by atoms with Crippen molar-refractivity contribution in [1.82, 2.24) is 4.98 Å². The zero-order valence-corrected chi connectivity index (χ0v) is 14.0. The molecule has 3 aromatic rings. The molecule has 0 fully saturated rings. The molecule has 24 heavy (non-hydrogen) atoms. The molecule has 2 N–H and O–H groups in total. The van der Waals surface area contributed by atoms with E-state index in [2.05, 4.69) is 9.88 Å². The van der Waals surface area contributed by atoms with E-state index in [1.54, 1.807) is 11.3 Å². The zero-order chi connectivity index (χ0) is 16.7. The Morgan fingerprint density at radius 1 is 1.38 bits per heavy atom. The second-order valence-electron chi connectivity index (χ2n) is 5.89. The van der Waals surface area contributed by atoms with E-state index in [0.717, 1.165) is 27.6 Å². The Bertz CT molecular complexity index is 886. The number of carbonyl (C=O) groups excluding carboxylic acids is 1. The van der Waals surface area contributed by atoms with E-state index in [4.69, 9.17) is 10.2 Å². The fraction of sp³-hybridized carbons (Fsp3) is 0.222. The number of para-hydroxylation sites is 1. The number of hydrogen-bond donors (Lipinski definition) is 1. The van der Waals surface area contributed by atoms with E-state index >= 15 is 0 Å². The second kappa shape index (κ2) is 5.79. The lowest BCUT2D eigenvalue weighted by atomic mass is 10.0. The highest BCUT2D eigenvalue weighted by molar-refractivity contribution is 7.13. The number of aromatic nitrogens is 1. The van der Waals surface area contributed by atoms with Crippen LogP contribution in [-0.2, 0) is 11.3 Å². The van der Waals surface area contributed by atoms with Crippen molar-refractivity contribution in [1.29, 1.82) is 0 Å². The molecule has 0 saturated heterocycles. The average Bonchev–Trinajstić information content (AvgIpc) is 3.28. The van der Waals surface area contributed by atoms with Crippen molar-refractivity contribution in [2.45, 2.75) is 19.4 Å². The van der Waals surface area contributed by atoms with Gasteiger partial charge in [0.05, 0.1) is 17.3 Å². The summed E-state index contributed by atoms with van der Waals surface area (Å²) in [5.41, 5.74) is 8.49. The fourth-order valence-corrected chi connectivity index (χ4v) is 3.79. The zero-order valence-electron chi connectivity index (χ0n) is 13.2. The van der Waals surface area contributed by atoms with Crippen molar-refractivity contribution < 1.29 is 9.21 Å². The molecule has 1 aliphatic heterocycles. The van der Waals surface area contributed by atoms with Gasteiger partial charge in [-0.1, -0.05) is 24.3 Å². The number of hydrogen-bond acceptors (Lipinski definition) is 5. The summed E-state index contributed by atoms with van der Waals surface area (Å²) >= 11 is 1.60. The number of rotatable bonds is 4. The van der Waals surface area contributed by atoms with Crippen LogP contribution in [0, 0.1) is 6.92 Å². The molecule has 0 saturated carbocycles. The van der Waals surface area contributed by atoms with E-state index in [1.807, 2.05) is 48.7 Å². The molecular formula is C18H17N3O2S. The third-order valence-electron chi connectivity index (χ3n) is 4.36. The highest BCUT2D eigenvalue weighted by Gasteiger charge is 2.32. The van der Waals surface area contributed by atoms with E-state index in [-0.39, 0.29) is 11.8 Å². The third kappa shape index (κ3) is 2.49. The first-order valence-corrected chi connectivity index (χ1v) is 8.65. The predicted octanol–water partition coefficient (Wildman–Crippen LogP) is 3.30. The van der Waals surface area contributed by atoms with Crippen LogP contribution in [0.25, 0.3) is 10.8 Å². The van der Waals surface area contributed by atoms with Crippen LogP contribution in [0.4, 0.5) is 5.69 Å². The van der Waals surface area contributed by atoms with Crippen molar-refractivity contribution in [3.63, 3.8) is 0 Å². The topological polar surface area (TPSA) is 72.4 Å². The van der Waals surface area contributed by atoms with Gasteiger partial charge < -0.3 is 15.1 Å². The summed E-state index contributed by atoms with van der Waals surface area (Å²) in [5, 5.41) is 2.00. The third-order valence-corrected chi connectivity index (χ3v) is 5.22. The van der Waals surface area contributed by atoms with Crippen molar-refractivity contribution in [2.24, 2.45) is 5.73 Å². The quantitative estimate of drug-likeness (QED) is 0.791. The number of fused-ring (bicyclic) bond motifs is 1. The van der Waals surface area contributed by atoms with Gasteiger partial charge in [0.2, 0.25) is 11.8 Å². The largest absolute Gasteiger partial charge is 0.440 e. The van der Waals surface area contributed by atoms with Crippen LogP contribution in [0.2, 0.25) is 0 Å². The number of carbonyl (C=O) groups is 1. The van der Waals surface area contributed by atoms with Gasteiger partial charge in [-0.25, -0.2) is 4.98 Å². The summed E-state index contributed by atoms with van der Waals surface area (Å²) in [6, 6.07) is 11.9. The molecule has 0 spiro atoms. The van der Waals surface area contributed by atoms with Crippen LogP contribution in [-0.4, -0.2) is 17.4 Å². The Morgan fingerprint density at radius 2 is 2.21 bits per heavy atom. The van der Waals surface area contributed by atoms with Crippen molar-refractivity contribution >= 4 is 22.9 Å². The summed E-state index contributed by atoms with van der Waals surface area (Å²) in [5.74, 6) is 0.890. The van der Waals surface area contributed by atoms with Gasteiger partial charge in [0, 0.05) is 12.2 Å². The minimum Gasteiger partial charge on any atom is -0.440 e. The molecule has 2 aromatic heterocycles. The van der Waals surface area contributed by atoms with Crippen LogP contribution < -0.4 is 10.6 Å². The van der Waals surface area contributed by atoms with Gasteiger partial charge >= 0.3 is 0 Å². The maximum atomic E-state index is 11.8. The molecule has 0 aliphatic carbocycles. The number of benzene rings is 1. The first-order valence-electron chi connectivity index (χ1n) is 7.77. The standard InChI is InChI=1S/C18H17N3O2S/c1-11-14(20-18(23-11)16-7-4-8-24-16)10-21-9-13(17(19)22)12-5-2-3-6-15(12)21/h2-8,13H,9-10H2,1H3,(H2,19,22)/t13-/m1/s1. The van der Waals surface area contributed by atoms with E-state index < -0.39 is 0 Å². The molecule has 122 valence electrons. The van der Waals surface area contributed by atoms with Crippen LogP contribution in [0.1, 0.15) is 22.9 Å². The van der Waals surface area contributed by atoms with Gasteiger partial charge in [-0.3, -0.25) is 4.79 Å². The minimum atomic E-state index is -0.291. The Balaban J connectivity index is 1.64. The number of primary amides is 1. The SMILES string of the molecule is Cc1oc(-c2cccs2)nc1CN1C[C@@H](C(N)=O)c2ccccc21. The molecule has 4 rings (SSSR count). The molecular weight excluding hydrogens is 322 g/mol. The van der Waals surface area contributed by atoms with Gasteiger partial charge in [-0.2, -0.15) is 0 Å². The van der Waals surface area contributed by atoms with Gasteiger partial charge in [0.25, 0.3) is 0 Å². The van der Waals surface area contributed by atoms with Crippen LogP contribution >= 0.6 is 11.3 Å². The maximum absolute atomic E-state index is 11.8. The highest BCUT2D eigenvalue weighted by Crippen LogP contribution is 2.37. The highest BCUT2D eigenvalue weighted by atomic mass is 32.1. The van der Waals surface area contributed by atoms with E-state index in [1.165, 1.54) is 0 Å². The lowest BCUT2D eigenvalue weighted by molar-refractivity contribution is -0.119. The minimum absolute atomic E-state index is 0.273. The molecule has 1 amide bonds. The monoisotopic (exact) mass is 339 g/mol. The number of anilines is 1. The lowest BCUT2D eigenvalue weighted by Gasteiger charge is -2.18. The van der Waals surface area contributed by atoms with Crippen LogP contribution in [0.5, 0.6) is 0 Å². The fourth-order valence-electron chi connectivity index (χ4n) is 3.14. The van der Waals surface area contributed by atoms with Gasteiger partial charge in [0.1, 0.15) is 11.5 Å². The van der Waals surface area contributed by atoms with E-state index in [0.29, 0.717) is 19.0 Å². The summed E-state index contributed by atoms with van der Waals surface area (Å²) in [6.45, 7) is 3.10. The van der Waals surface area contributed by atoms with Crippen molar-refractivity contribution in [2.75, 3.05) is 11.4 Å². The molecule has 0 unspecified atom stereocenters. The number of nitrogens with zero attached hydrogens (tertiary/aromatic N) is 2. The van der Waals surface area contributed by atoms with E-state index in [9.17, 15) is 4.79 Å². The molecule has 1 aliphatic rings. The molecule has 6 heteroatoms. The van der Waals surface area contributed by atoms with Crippen molar-refractivity contribution in [3.05, 3.63) is 58.8 Å². The molecule has 5 nitrogen and oxygen atoms in total. The predicted molar refractivity (Wildman–Crippen MR) is 94.0 cm³/mol. The average molecular weight is 339 g/mol. The van der Waals surface area contributed by atoms with Crippen molar-refractivity contribution in [3.8, 4) is 10.8 Å². The summed E-state index contributed by atoms with van der Waals surface area (Å²) in [6.07, 6.45) is 0. The first kappa shape index (κ1) is 15.0. The summed E-state index contributed by atoms with van der Waals surface area (Å²) in [7, 11) is 0. The summed E-state index contributed by atoms with van der Waals surface area (Å²) < 4.78 is 5.81. The number of thiophene rings is 1. The smallest absolute Gasteiger partial charge is 0.236 e. The number of nitrogens with two attached hydrogens (primary N) is 1. The molecule has 0 bridgehead atoms. The molecule has 3 heterocycles. The Morgan fingerprint density at radius 3 is 2.96 bits per heavy atom.